The summed E-state index contributed by atoms with van der Waals surface area (Å²) in [6.07, 6.45) is -2.98. The summed E-state index contributed by atoms with van der Waals surface area (Å²) in [7, 11) is 0. The Morgan fingerprint density at radius 1 is 1.38 bits per heavy atom. The van der Waals surface area contributed by atoms with Crippen molar-refractivity contribution in [1.29, 1.82) is 0 Å². The maximum atomic E-state index is 12.2. The van der Waals surface area contributed by atoms with E-state index in [9.17, 15) is 18.0 Å². The normalized spacial score (nSPS) is 24.3. The first-order valence-corrected chi connectivity index (χ1v) is 7.36. The van der Waals surface area contributed by atoms with E-state index in [1.54, 1.807) is 0 Å². The molecule has 2 amide bonds. The average Bonchev–Trinajstić information content (AvgIpc) is 2.37. The molecule has 1 aliphatic rings. The van der Waals surface area contributed by atoms with Crippen molar-refractivity contribution in [1.82, 2.24) is 10.2 Å². The van der Waals surface area contributed by atoms with E-state index >= 15 is 0 Å². The van der Waals surface area contributed by atoms with Gasteiger partial charge in [-0.15, -0.1) is 0 Å². The highest BCUT2D eigenvalue weighted by atomic mass is 19.4. The highest BCUT2D eigenvalue weighted by Gasteiger charge is 2.52. The van der Waals surface area contributed by atoms with Crippen LogP contribution in [-0.4, -0.2) is 48.9 Å². The molecule has 1 saturated carbocycles. The maximum absolute atomic E-state index is 12.2. The summed E-state index contributed by atoms with van der Waals surface area (Å²) < 4.78 is 42.3. The lowest BCUT2D eigenvalue weighted by Gasteiger charge is -2.55. The van der Waals surface area contributed by atoms with Crippen LogP contribution in [0.2, 0.25) is 0 Å². The number of carbonyl (C=O) groups excluding carboxylic acids is 1. The van der Waals surface area contributed by atoms with Crippen molar-refractivity contribution in [3.05, 3.63) is 0 Å². The van der Waals surface area contributed by atoms with Gasteiger partial charge in [-0.1, -0.05) is 20.8 Å². The van der Waals surface area contributed by atoms with Crippen LogP contribution in [0.3, 0.4) is 0 Å². The topological polar surface area (TPSA) is 41.6 Å². The zero-order valence-electron chi connectivity index (χ0n) is 13.1. The van der Waals surface area contributed by atoms with E-state index in [-0.39, 0.29) is 17.6 Å². The molecule has 1 aliphatic carbocycles. The highest BCUT2D eigenvalue weighted by Crippen LogP contribution is 2.45. The van der Waals surface area contributed by atoms with Gasteiger partial charge in [-0.2, -0.15) is 13.2 Å². The monoisotopic (exact) mass is 310 g/mol. The number of hydrogen-bond acceptors (Lipinski definition) is 2. The molecule has 1 rings (SSSR count). The van der Waals surface area contributed by atoms with Crippen molar-refractivity contribution in [3.8, 4) is 0 Å². The minimum atomic E-state index is -4.39. The molecule has 21 heavy (non-hydrogen) atoms. The Bertz CT molecular complexity index is 359. The van der Waals surface area contributed by atoms with Crippen LogP contribution in [0.1, 0.15) is 40.5 Å². The van der Waals surface area contributed by atoms with Crippen LogP contribution in [0.15, 0.2) is 0 Å². The quantitative estimate of drug-likeness (QED) is 0.818. The van der Waals surface area contributed by atoms with Crippen molar-refractivity contribution in [2.75, 3.05) is 19.7 Å². The fraction of sp³-hybridized carbons (Fsp3) is 0.929. The summed E-state index contributed by atoms with van der Waals surface area (Å²) in [5.41, 5.74) is -0.249. The van der Waals surface area contributed by atoms with Gasteiger partial charge in [-0.3, -0.25) is 0 Å². The first-order valence-electron chi connectivity index (χ1n) is 7.36. The van der Waals surface area contributed by atoms with Crippen molar-refractivity contribution in [3.63, 3.8) is 0 Å². The maximum Gasteiger partial charge on any atom is 0.405 e. The summed E-state index contributed by atoms with van der Waals surface area (Å²) in [6.45, 7) is 7.51. The fourth-order valence-corrected chi connectivity index (χ4v) is 2.79. The largest absolute Gasteiger partial charge is 0.405 e. The first kappa shape index (κ1) is 18.1. The van der Waals surface area contributed by atoms with Gasteiger partial charge in [0.15, 0.2) is 0 Å². The number of nitrogens with zero attached hydrogens (tertiary/aromatic N) is 1. The van der Waals surface area contributed by atoms with Gasteiger partial charge in [0.05, 0.1) is 6.10 Å². The van der Waals surface area contributed by atoms with E-state index in [2.05, 4.69) is 0 Å². The van der Waals surface area contributed by atoms with Gasteiger partial charge in [-0.25, -0.2) is 4.79 Å². The Morgan fingerprint density at radius 3 is 2.43 bits per heavy atom. The zero-order valence-corrected chi connectivity index (χ0v) is 13.1. The van der Waals surface area contributed by atoms with Gasteiger partial charge in [-0.05, 0) is 19.8 Å². The SMILES string of the molecule is CCCN(C(=O)NCC(F)(F)F)[C@@H]1C[C@@H](OCC)C1(C)C. The molecule has 0 aromatic rings. The van der Waals surface area contributed by atoms with Crippen LogP contribution in [-0.2, 0) is 4.74 Å². The number of carbonyl (C=O) groups is 1. The molecule has 7 heteroatoms. The summed E-state index contributed by atoms with van der Waals surface area (Å²) in [6, 6.07) is -0.746. The van der Waals surface area contributed by atoms with Crippen LogP contribution in [0.5, 0.6) is 0 Å². The van der Waals surface area contributed by atoms with Gasteiger partial charge in [0, 0.05) is 24.6 Å². The predicted octanol–water partition coefficient (Wildman–Crippen LogP) is 3.17. The second kappa shape index (κ2) is 6.85. The van der Waals surface area contributed by atoms with Crippen LogP contribution < -0.4 is 5.32 Å². The number of hydrogen-bond donors (Lipinski definition) is 1. The third-order valence-corrected chi connectivity index (χ3v) is 4.04. The molecule has 1 N–H and O–H groups in total. The minimum Gasteiger partial charge on any atom is -0.378 e. The van der Waals surface area contributed by atoms with Gasteiger partial charge in [0.1, 0.15) is 6.54 Å². The van der Waals surface area contributed by atoms with Crippen molar-refractivity contribution in [2.45, 2.75) is 58.9 Å². The molecule has 0 heterocycles. The van der Waals surface area contributed by atoms with Gasteiger partial charge < -0.3 is 15.0 Å². The van der Waals surface area contributed by atoms with Crippen LogP contribution >= 0.6 is 0 Å². The van der Waals surface area contributed by atoms with E-state index in [1.807, 2.05) is 33.0 Å². The van der Waals surface area contributed by atoms with Crippen molar-refractivity contribution < 1.29 is 22.7 Å². The Morgan fingerprint density at radius 2 is 2.00 bits per heavy atom. The Hall–Kier alpha value is -0.980. The second-order valence-corrected chi connectivity index (χ2v) is 5.98. The molecule has 0 spiro atoms. The van der Waals surface area contributed by atoms with Crippen molar-refractivity contribution in [2.24, 2.45) is 5.41 Å². The average molecular weight is 310 g/mol. The molecule has 0 bridgehead atoms. The molecular formula is C14H25F3N2O2. The molecular weight excluding hydrogens is 285 g/mol. The minimum absolute atomic E-state index is 0.0438. The third-order valence-electron chi connectivity index (χ3n) is 4.04. The third kappa shape index (κ3) is 4.49. The van der Waals surface area contributed by atoms with E-state index in [0.29, 0.717) is 26.0 Å². The lowest BCUT2D eigenvalue weighted by atomic mass is 9.63. The van der Waals surface area contributed by atoms with Gasteiger partial charge in [0.2, 0.25) is 0 Å². The van der Waals surface area contributed by atoms with E-state index < -0.39 is 18.8 Å². The second-order valence-electron chi connectivity index (χ2n) is 5.98. The number of ether oxygens (including phenoxy) is 1. The van der Waals surface area contributed by atoms with Crippen LogP contribution in [0.4, 0.5) is 18.0 Å². The van der Waals surface area contributed by atoms with Gasteiger partial charge >= 0.3 is 12.2 Å². The number of urea groups is 1. The predicted molar refractivity (Wildman–Crippen MR) is 74.1 cm³/mol. The first-order chi connectivity index (χ1) is 9.63. The van der Waals surface area contributed by atoms with Crippen LogP contribution in [0, 0.1) is 5.41 Å². The summed E-state index contributed by atoms with van der Waals surface area (Å²) in [5.74, 6) is 0. The number of rotatable bonds is 6. The number of alkyl halides is 3. The Kier molecular flexibility index (Phi) is 5.90. The molecule has 0 aliphatic heterocycles. The van der Waals surface area contributed by atoms with E-state index in [4.69, 9.17) is 4.74 Å². The Balaban J connectivity index is 2.68. The van der Waals surface area contributed by atoms with Gasteiger partial charge in [0.25, 0.3) is 0 Å². The molecule has 1 fully saturated rings. The Labute approximate surface area is 124 Å². The fourth-order valence-electron chi connectivity index (χ4n) is 2.79. The molecule has 4 nitrogen and oxygen atoms in total. The van der Waals surface area contributed by atoms with E-state index in [0.717, 1.165) is 0 Å². The molecule has 0 radical (unpaired) electrons. The molecule has 0 saturated heterocycles. The van der Waals surface area contributed by atoms with E-state index in [1.165, 1.54) is 4.90 Å². The molecule has 124 valence electrons. The smallest absolute Gasteiger partial charge is 0.378 e. The summed E-state index contributed by atoms with van der Waals surface area (Å²) in [4.78, 5) is 13.6. The standard InChI is InChI=1S/C14H25F3N2O2/c1-5-7-19(12(20)18-9-14(15,16)17)10-8-11(21-6-2)13(10,3)4/h10-11H,5-9H2,1-4H3,(H,18,20)/t10-,11-/m1/s1. The highest BCUT2D eigenvalue weighted by molar-refractivity contribution is 5.75. The zero-order chi connectivity index (χ0) is 16.3. The molecule has 0 unspecified atom stereocenters. The number of halogens is 3. The number of nitrogens with one attached hydrogen (secondary N) is 1. The van der Waals surface area contributed by atoms with Crippen molar-refractivity contribution >= 4 is 6.03 Å². The van der Waals surface area contributed by atoms with Crippen LogP contribution in [0.25, 0.3) is 0 Å². The summed E-state index contributed by atoms with van der Waals surface area (Å²) >= 11 is 0. The lowest BCUT2D eigenvalue weighted by Crippen LogP contribution is -2.65. The molecule has 2 atom stereocenters. The number of amides is 2. The molecule has 0 aromatic carbocycles. The summed E-state index contributed by atoms with van der Waals surface area (Å²) in [5, 5.41) is 1.96. The molecule has 0 aromatic heterocycles. The lowest BCUT2D eigenvalue weighted by molar-refractivity contribution is -0.142.